The van der Waals surface area contributed by atoms with E-state index in [1.807, 2.05) is 23.5 Å². The molecule has 0 saturated carbocycles. The standard InChI is InChI=1S/C37H27S2.Bi/c1-5-15-28(16-6-1)32-23-13-24-33(29-17-7-2-8-18-29)36(32)38-27-39-37-34(30-19-9-3-10-20-30)25-14-26-35(37)31-21-11-4-12-22-31;/h1-27H;. The predicted molar refractivity (Wildman–Crippen MR) is 176 cm³/mol. The molecule has 0 aliphatic rings. The van der Waals surface area contributed by atoms with E-state index in [4.69, 9.17) is 0 Å². The molecule has 3 heteroatoms. The normalized spacial score (nSPS) is 11.1. The second-order valence-corrected chi connectivity index (χ2v) is 16.8. The molecule has 0 heterocycles. The molecule has 2 radical (unpaired) electrons. The zero-order valence-electron chi connectivity index (χ0n) is 21.9. The summed E-state index contributed by atoms with van der Waals surface area (Å²) in [5.74, 6) is 0. The summed E-state index contributed by atoms with van der Waals surface area (Å²) in [6.07, 6.45) is 0. The maximum absolute atomic E-state index is 2.27. The van der Waals surface area contributed by atoms with E-state index in [1.165, 1.54) is 79.0 Å². The van der Waals surface area contributed by atoms with Crippen molar-refractivity contribution in [2.45, 2.75) is 12.1 Å². The first-order valence-corrected chi connectivity index (χ1v) is 17.0. The van der Waals surface area contributed by atoms with Crippen LogP contribution in [0.4, 0.5) is 0 Å². The molecule has 0 bridgehead atoms. The van der Waals surface area contributed by atoms with Gasteiger partial charge in [-0.2, -0.15) is 0 Å². The van der Waals surface area contributed by atoms with Crippen molar-refractivity contribution in [1.82, 2.24) is 0 Å². The number of rotatable bonds is 8. The molecule has 0 aromatic heterocycles. The molecule has 0 atom stereocenters. The minimum atomic E-state index is 0.375. The molecule has 40 heavy (non-hydrogen) atoms. The summed E-state index contributed by atoms with van der Waals surface area (Å²) >= 11 is 5.29. The van der Waals surface area contributed by atoms with Crippen molar-refractivity contribution < 1.29 is 0 Å². The van der Waals surface area contributed by atoms with Gasteiger partial charge in [0.2, 0.25) is 0 Å². The van der Waals surface area contributed by atoms with Crippen LogP contribution in [0.25, 0.3) is 44.5 Å². The van der Waals surface area contributed by atoms with Crippen molar-refractivity contribution >= 4 is 48.2 Å². The van der Waals surface area contributed by atoms with E-state index in [-0.39, 0.29) is 0 Å². The van der Waals surface area contributed by atoms with Gasteiger partial charge in [-0.1, -0.05) is 0 Å². The van der Waals surface area contributed by atoms with E-state index < -0.39 is 0 Å². The molecule has 0 aliphatic heterocycles. The molecular formula is C37H27BiS2. The number of hydrogen-bond donors (Lipinski definition) is 0. The van der Waals surface area contributed by atoms with Crippen LogP contribution in [0.15, 0.2) is 168 Å². The molecule has 192 valence electrons. The van der Waals surface area contributed by atoms with Gasteiger partial charge in [0.15, 0.2) is 0 Å². The van der Waals surface area contributed by atoms with Gasteiger partial charge in [-0.15, -0.1) is 0 Å². The van der Waals surface area contributed by atoms with Gasteiger partial charge in [0.05, 0.1) is 0 Å². The molecule has 0 amide bonds. The molecule has 0 saturated heterocycles. The second-order valence-electron chi connectivity index (χ2n) is 9.37. The molecule has 6 rings (SSSR count). The molecule has 0 fully saturated rings. The topological polar surface area (TPSA) is 0 Å². The van der Waals surface area contributed by atoms with Crippen LogP contribution in [-0.4, -0.2) is 27.0 Å². The third-order valence-corrected chi connectivity index (χ3v) is 11.6. The summed E-state index contributed by atoms with van der Waals surface area (Å²) in [6.45, 7) is 0. The minimum absolute atomic E-state index is 0.375. The molecule has 6 aromatic carbocycles. The molecular weight excluding hydrogens is 718 g/mol. The average Bonchev–Trinajstić information content (AvgIpc) is 3.03. The van der Waals surface area contributed by atoms with E-state index >= 15 is 0 Å². The van der Waals surface area contributed by atoms with Crippen LogP contribution in [0.1, 0.15) is 0 Å². The van der Waals surface area contributed by atoms with Crippen molar-refractivity contribution in [2.75, 3.05) is 0 Å². The monoisotopic (exact) mass is 744 g/mol. The Morgan fingerprint density at radius 1 is 0.325 bits per heavy atom. The Morgan fingerprint density at radius 2 is 0.575 bits per heavy atom. The SMILES string of the molecule is [Bi][CH](Sc1c(-c2ccccc2)cccc1-c1ccccc1)Sc1c(-c2ccccc2)cccc1-c1ccccc1. The zero-order chi connectivity index (χ0) is 27.1. The van der Waals surface area contributed by atoms with Gasteiger partial charge in [0.1, 0.15) is 0 Å². The summed E-state index contributed by atoms with van der Waals surface area (Å²) < 4.78 is 0.375. The Kier molecular flexibility index (Phi) is 8.84. The predicted octanol–water partition coefficient (Wildman–Crippen LogP) is 10.7. The van der Waals surface area contributed by atoms with Crippen LogP contribution in [0, 0.1) is 0 Å². The fraction of sp³-hybridized carbons (Fsp3) is 0.0270. The van der Waals surface area contributed by atoms with Crippen LogP contribution in [0.3, 0.4) is 0 Å². The number of benzene rings is 6. The summed E-state index contributed by atoms with van der Waals surface area (Å²) in [5.41, 5.74) is 10.2. The Morgan fingerprint density at radius 3 is 0.825 bits per heavy atom. The van der Waals surface area contributed by atoms with Crippen LogP contribution >= 0.6 is 23.5 Å². The summed E-state index contributed by atoms with van der Waals surface area (Å²) in [7, 11) is 0. The Bertz CT molecular complexity index is 1440. The molecule has 0 unspecified atom stereocenters. The second kappa shape index (κ2) is 13.0. The van der Waals surface area contributed by atoms with E-state index in [0.717, 1.165) is 0 Å². The fourth-order valence-electron chi connectivity index (χ4n) is 4.93. The van der Waals surface area contributed by atoms with Crippen molar-refractivity contribution in [3.8, 4) is 44.5 Å². The Labute approximate surface area is 260 Å². The first kappa shape index (κ1) is 27.1. The van der Waals surface area contributed by atoms with Crippen molar-refractivity contribution in [1.29, 1.82) is 0 Å². The molecule has 0 spiro atoms. The van der Waals surface area contributed by atoms with Crippen LogP contribution in [0.5, 0.6) is 0 Å². The third-order valence-electron chi connectivity index (χ3n) is 6.81. The van der Waals surface area contributed by atoms with Crippen LogP contribution in [0.2, 0.25) is 0 Å². The fourth-order valence-corrected chi connectivity index (χ4v) is 9.82. The van der Waals surface area contributed by atoms with Crippen LogP contribution < -0.4 is 0 Å². The zero-order valence-corrected chi connectivity index (χ0v) is 27.0. The van der Waals surface area contributed by atoms with Crippen LogP contribution in [-0.2, 0) is 0 Å². The van der Waals surface area contributed by atoms with Gasteiger partial charge < -0.3 is 0 Å². The third kappa shape index (κ3) is 6.13. The molecule has 6 aromatic rings. The Hall–Kier alpha value is -3.10. The maximum atomic E-state index is 2.27. The van der Waals surface area contributed by atoms with Gasteiger partial charge in [-0.05, 0) is 0 Å². The van der Waals surface area contributed by atoms with Gasteiger partial charge >= 0.3 is 263 Å². The van der Waals surface area contributed by atoms with E-state index in [9.17, 15) is 0 Å². The molecule has 0 N–H and O–H groups in total. The van der Waals surface area contributed by atoms with Crippen molar-refractivity contribution in [3.05, 3.63) is 158 Å². The average molecular weight is 745 g/mol. The number of thioether (sulfide) groups is 2. The summed E-state index contributed by atoms with van der Waals surface area (Å²) in [5, 5.41) is 0. The summed E-state index contributed by atoms with van der Waals surface area (Å²) in [4.78, 5) is 2.69. The molecule has 0 aliphatic carbocycles. The number of hydrogen-bond acceptors (Lipinski definition) is 2. The first-order valence-electron chi connectivity index (χ1n) is 13.3. The van der Waals surface area contributed by atoms with E-state index in [2.05, 4.69) is 158 Å². The van der Waals surface area contributed by atoms with Gasteiger partial charge in [0, 0.05) is 0 Å². The summed E-state index contributed by atoms with van der Waals surface area (Å²) in [6, 6.07) is 56.7. The van der Waals surface area contributed by atoms with Gasteiger partial charge in [0.25, 0.3) is 0 Å². The van der Waals surface area contributed by atoms with Crippen molar-refractivity contribution in [3.63, 3.8) is 0 Å². The Balaban J connectivity index is 1.43. The first-order chi connectivity index (χ1) is 19.8. The van der Waals surface area contributed by atoms with E-state index in [1.54, 1.807) is 0 Å². The quantitative estimate of drug-likeness (QED) is 0.0865. The van der Waals surface area contributed by atoms with Gasteiger partial charge in [-0.25, -0.2) is 0 Å². The van der Waals surface area contributed by atoms with E-state index in [0.29, 0.717) is 2.29 Å². The molecule has 0 nitrogen and oxygen atoms in total. The van der Waals surface area contributed by atoms with Crippen molar-refractivity contribution in [2.24, 2.45) is 0 Å². The van der Waals surface area contributed by atoms with Gasteiger partial charge in [-0.3, -0.25) is 0 Å².